The van der Waals surface area contributed by atoms with Crippen molar-refractivity contribution in [3.8, 4) is 5.75 Å². The first kappa shape index (κ1) is 17.5. The molecule has 1 aromatic rings. The molecule has 1 saturated carbocycles. The predicted octanol–water partition coefficient (Wildman–Crippen LogP) is 5.39. The van der Waals surface area contributed by atoms with Gasteiger partial charge in [0.05, 0.1) is 6.61 Å². The van der Waals surface area contributed by atoms with E-state index < -0.39 is 11.6 Å². The normalized spacial score (nSPS) is 23.3. The number of ether oxygens (including phenoxy) is 1. The molecule has 0 aliphatic heterocycles. The Kier molecular flexibility index (Phi) is 6.42. The van der Waals surface area contributed by atoms with E-state index in [0.29, 0.717) is 23.6 Å². The summed E-state index contributed by atoms with van der Waals surface area (Å²) in [5.41, 5.74) is 1.06. The summed E-state index contributed by atoms with van der Waals surface area (Å²) in [6.45, 7) is 4.29. The molecule has 3 radical (unpaired) electrons. The second-order valence-electron chi connectivity index (χ2n) is 6.22. The summed E-state index contributed by atoms with van der Waals surface area (Å²) in [6.07, 6.45) is 6.37. The average Bonchev–Trinajstić information content (AvgIpc) is 2.53. The monoisotopic (exact) mass is 323 g/mol. The van der Waals surface area contributed by atoms with Crippen LogP contribution in [0.5, 0.6) is 5.75 Å². The second-order valence-corrected chi connectivity index (χ2v) is 6.96. The van der Waals surface area contributed by atoms with Gasteiger partial charge in [0.2, 0.25) is 5.82 Å². The Morgan fingerprint density at radius 2 is 1.82 bits per heavy atom. The van der Waals surface area contributed by atoms with Gasteiger partial charge < -0.3 is 4.74 Å². The summed E-state index contributed by atoms with van der Waals surface area (Å²) in [6, 6.07) is 3.26. The fraction of sp³-hybridized carbons (Fsp3) is 0.667. The molecule has 0 saturated heterocycles. The van der Waals surface area contributed by atoms with Gasteiger partial charge >= 0.3 is 0 Å². The Morgan fingerprint density at radius 1 is 1.14 bits per heavy atom. The molecule has 121 valence electrons. The minimum Gasteiger partial charge on any atom is -0.491 e. The van der Waals surface area contributed by atoms with E-state index >= 15 is 0 Å². The maximum atomic E-state index is 14.3. The molecule has 1 aliphatic rings. The number of rotatable bonds is 6. The van der Waals surface area contributed by atoms with Crippen molar-refractivity contribution in [2.45, 2.75) is 63.8 Å². The highest BCUT2D eigenvalue weighted by Gasteiger charge is 2.28. The lowest BCUT2D eigenvalue weighted by atomic mass is 9.76. The summed E-state index contributed by atoms with van der Waals surface area (Å²) < 4.78 is 33.4. The molecular formula is C18H25F2OSi. The second kappa shape index (κ2) is 8.09. The fourth-order valence-corrected chi connectivity index (χ4v) is 4.13. The third kappa shape index (κ3) is 3.89. The van der Waals surface area contributed by atoms with Crippen LogP contribution in [0, 0.1) is 17.6 Å². The van der Waals surface area contributed by atoms with Crippen LogP contribution < -0.4 is 4.74 Å². The van der Waals surface area contributed by atoms with Crippen molar-refractivity contribution in [3.05, 3.63) is 29.3 Å². The smallest absolute Gasteiger partial charge is 0.200 e. The van der Waals surface area contributed by atoms with Gasteiger partial charge in [-0.25, -0.2) is 4.39 Å². The predicted molar refractivity (Wildman–Crippen MR) is 86.6 cm³/mol. The Hall–Kier alpha value is -0.903. The fourth-order valence-electron chi connectivity index (χ4n) is 3.51. The summed E-state index contributed by atoms with van der Waals surface area (Å²) >= 11 is 0. The molecule has 1 aromatic carbocycles. The minimum atomic E-state index is -0.842. The maximum Gasteiger partial charge on any atom is 0.200 e. The van der Waals surface area contributed by atoms with Crippen LogP contribution >= 0.6 is 0 Å². The quantitative estimate of drug-likeness (QED) is 0.637. The summed E-state index contributed by atoms with van der Waals surface area (Å²) in [5, 5.41) is 0. The lowest BCUT2D eigenvalue weighted by molar-refractivity contribution is 0.293. The van der Waals surface area contributed by atoms with E-state index in [1.165, 1.54) is 12.8 Å². The van der Waals surface area contributed by atoms with Crippen LogP contribution in [0.1, 0.15) is 63.9 Å². The van der Waals surface area contributed by atoms with Gasteiger partial charge in [-0.3, -0.25) is 0 Å². The van der Waals surface area contributed by atoms with Gasteiger partial charge in [-0.1, -0.05) is 25.8 Å². The van der Waals surface area contributed by atoms with Crippen LogP contribution in [0.25, 0.3) is 0 Å². The molecule has 1 fully saturated rings. The van der Waals surface area contributed by atoms with Gasteiger partial charge in [0.1, 0.15) is 0 Å². The van der Waals surface area contributed by atoms with Crippen molar-refractivity contribution in [2.24, 2.45) is 5.92 Å². The molecule has 0 bridgehead atoms. The third-order valence-corrected chi connectivity index (χ3v) is 5.52. The van der Waals surface area contributed by atoms with Gasteiger partial charge in [0, 0.05) is 10.2 Å². The number of halogens is 2. The SMILES string of the molecule is CCCC([Si])C1CCC(c2ccc(OCC)c(F)c2F)CC1. The van der Waals surface area contributed by atoms with E-state index in [2.05, 4.69) is 17.2 Å². The van der Waals surface area contributed by atoms with Crippen molar-refractivity contribution in [3.63, 3.8) is 0 Å². The van der Waals surface area contributed by atoms with Crippen LogP contribution in [0.2, 0.25) is 5.54 Å². The highest BCUT2D eigenvalue weighted by Crippen LogP contribution is 2.42. The van der Waals surface area contributed by atoms with Gasteiger partial charge in [-0.05, 0) is 61.6 Å². The molecule has 2 rings (SSSR count). The van der Waals surface area contributed by atoms with Crippen LogP contribution in [-0.2, 0) is 0 Å². The van der Waals surface area contributed by atoms with E-state index in [1.807, 2.05) is 0 Å². The standard InChI is InChI=1S/C18H25F2OSi/c1-3-5-16(22)13-8-6-12(7-9-13)14-10-11-15(21-4-2)18(20)17(14)19/h10-13,16H,3-9H2,1-2H3. The first-order chi connectivity index (χ1) is 10.6. The molecule has 4 heteroatoms. The number of hydrogen-bond donors (Lipinski definition) is 0. The van der Waals surface area contributed by atoms with E-state index in [4.69, 9.17) is 4.74 Å². The van der Waals surface area contributed by atoms with E-state index in [0.717, 1.165) is 25.7 Å². The zero-order valence-corrected chi connectivity index (χ0v) is 14.5. The highest BCUT2D eigenvalue weighted by atomic mass is 28.1. The molecular weight excluding hydrogens is 298 g/mol. The topological polar surface area (TPSA) is 9.23 Å². The lowest BCUT2D eigenvalue weighted by Crippen LogP contribution is -2.19. The average molecular weight is 323 g/mol. The van der Waals surface area contributed by atoms with Crippen molar-refractivity contribution in [2.75, 3.05) is 6.61 Å². The lowest BCUT2D eigenvalue weighted by Gasteiger charge is -2.32. The van der Waals surface area contributed by atoms with Gasteiger partial charge in [-0.2, -0.15) is 4.39 Å². The highest BCUT2D eigenvalue weighted by molar-refractivity contribution is 6.11. The van der Waals surface area contributed by atoms with Crippen molar-refractivity contribution in [1.82, 2.24) is 0 Å². The molecule has 0 N–H and O–H groups in total. The molecule has 0 spiro atoms. The van der Waals surface area contributed by atoms with Crippen molar-refractivity contribution >= 4 is 10.2 Å². The van der Waals surface area contributed by atoms with E-state index in [-0.39, 0.29) is 11.7 Å². The van der Waals surface area contributed by atoms with Gasteiger partial charge in [0.15, 0.2) is 11.6 Å². The molecule has 1 aliphatic carbocycles. The first-order valence-electron chi connectivity index (χ1n) is 8.40. The Balaban J connectivity index is 2.04. The third-order valence-electron chi connectivity index (χ3n) is 4.76. The summed E-state index contributed by atoms with van der Waals surface area (Å²) in [7, 11) is 3.83. The van der Waals surface area contributed by atoms with E-state index in [1.54, 1.807) is 19.1 Å². The molecule has 22 heavy (non-hydrogen) atoms. The van der Waals surface area contributed by atoms with Crippen molar-refractivity contribution in [1.29, 1.82) is 0 Å². The maximum absolute atomic E-state index is 14.3. The van der Waals surface area contributed by atoms with Gasteiger partial charge in [-0.15, -0.1) is 0 Å². The zero-order valence-electron chi connectivity index (χ0n) is 13.5. The Bertz CT molecular complexity index is 484. The summed E-state index contributed by atoms with van der Waals surface area (Å²) in [5.74, 6) is -0.769. The first-order valence-corrected chi connectivity index (χ1v) is 8.97. The van der Waals surface area contributed by atoms with Crippen LogP contribution in [0.3, 0.4) is 0 Å². The van der Waals surface area contributed by atoms with Crippen LogP contribution in [0.15, 0.2) is 12.1 Å². The largest absolute Gasteiger partial charge is 0.491 e. The molecule has 1 unspecified atom stereocenters. The minimum absolute atomic E-state index is 0.0144. The van der Waals surface area contributed by atoms with E-state index in [9.17, 15) is 8.78 Å². The zero-order chi connectivity index (χ0) is 16.1. The van der Waals surface area contributed by atoms with Crippen LogP contribution in [-0.4, -0.2) is 16.8 Å². The molecule has 0 heterocycles. The number of hydrogen-bond acceptors (Lipinski definition) is 1. The number of benzene rings is 1. The molecule has 1 atom stereocenters. The molecule has 0 amide bonds. The van der Waals surface area contributed by atoms with Gasteiger partial charge in [0.25, 0.3) is 0 Å². The summed E-state index contributed by atoms with van der Waals surface area (Å²) in [4.78, 5) is 0. The Morgan fingerprint density at radius 3 is 2.41 bits per heavy atom. The molecule has 1 nitrogen and oxygen atoms in total. The van der Waals surface area contributed by atoms with Crippen molar-refractivity contribution < 1.29 is 13.5 Å². The van der Waals surface area contributed by atoms with Crippen LogP contribution in [0.4, 0.5) is 8.78 Å². The Labute approximate surface area is 135 Å². The molecule has 0 aromatic heterocycles.